The van der Waals surface area contributed by atoms with Gasteiger partial charge in [-0.05, 0) is 49.2 Å². The standard InChI is InChI=1S/C17H20N4O2/c1-11(2)10-18-16-9-8-15(20-21-16)17(23)19-14-6-4-13(5-7-14)12(3)22/h4-9,11H,10H2,1-3H3,(H,18,21)(H,19,23). The van der Waals surface area contributed by atoms with Crippen molar-refractivity contribution in [1.82, 2.24) is 10.2 Å². The predicted octanol–water partition coefficient (Wildman–Crippen LogP) is 3.00. The van der Waals surface area contributed by atoms with E-state index in [4.69, 9.17) is 0 Å². The molecule has 120 valence electrons. The number of hydrogen-bond acceptors (Lipinski definition) is 5. The Kier molecular flexibility index (Phi) is 5.41. The number of amides is 1. The maximum absolute atomic E-state index is 12.1. The van der Waals surface area contributed by atoms with E-state index >= 15 is 0 Å². The number of ketones is 1. The van der Waals surface area contributed by atoms with E-state index in [0.717, 1.165) is 6.54 Å². The zero-order valence-corrected chi connectivity index (χ0v) is 13.5. The molecule has 23 heavy (non-hydrogen) atoms. The highest BCUT2D eigenvalue weighted by Crippen LogP contribution is 2.11. The third-order valence-electron chi connectivity index (χ3n) is 3.14. The number of Topliss-reactive ketones (excluding diaryl/α,β-unsaturated/α-hetero) is 1. The molecule has 6 heteroatoms. The van der Waals surface area contributed by atoms with Crippen LogP contribution < -0.4 is 10.6 Å². The quantitative estimate of drug-likeness (QED) is 0.801. The molecular weight excluding hydrogens is 292 g/mol. The number of carbonyl (C=O) groups is 2. The molecule has 2 N–H and O–H groups in total. The van der Waals surface area contributed by atoms with Gasteiger partial charge in [-0.1, -0.05) is 13.8 Å². The van der Waals surface area contributed by atoms with Gasteiger partial charge in [-0.3, -0.25) is 9.59 Å². The molecule has 2 rings (SSSR count). The van der Waals surface area contributed by atoms with E-state index in [1.807, 2.05) is 0 Å². The number of carbonyl (C=O) groups excluding carboxylic acids is 2. The maximum atomic E-state index is 12.1. The molecule has 0 aliphatic rings. The van der Waals surface area contributed by atoms with Crippen LogP contribution in [0.25, 0.3) is 0 Å². The van der Waals surface area contributed by atoms with Crippen LogP contribution in [0.4, 0.5) is 11.5 Å². The first-order chi connectivity index (χ1) is 11.0. The van der Waals surface area contributed by atoms with Crippen LogP contribution in [-0.2, 0) is 0 Å². The minimum Gasteiger partial charge on any atom is -0.368 e. The summed E-state index contributed by atoms with van der Waals surface area (Å²) in [4.78, 5) is 23.3. The second-order valence-electron chi connectivity index (χ2n) is 5.67. The topological polar surface area (TPSA) is 84.0 Å². The van der Waals surface area contributed by atoms with E-state index in [2.05, 4.69) is 34.7 Å². The van der Waals surface area contributed by atoms with Crippen LogP contribution in [0.2, 0.25) is 0 Å². The maximum Gasteiger partial charge on any atom is 0.276 e. The van der Waals surface area contributed by atoms with Crippen LogP contribution >= 0.6 is 0 Å². The van der Waals surface area contributed by atoms with Crippen molar-refractivity contribution < 1.29 is 9.59 Å². The molecule has 0 radical (unpaired) electrons. The van der Waals surface area contributed by atoms with Crippen molar-refractivity contribution in [3.05, 3.63) is 47.7 Å². The molecule has 0 atom stereocenters. The Bertz CT molecular complexity index is 679. The largest absolute Gasteiger partial charge is 0.368 e. The number of benzene rings is 1. The number of hydrogen-bond donors (Lipinski definition) is 2. The summed E-state index contributed by atoms with van der Waals surface area (Å²) in [5, 5.41) is 13.8. The fourth-order valence-electron chi connectivity index (χ4n) is 1.84. The van der Waals surface area contributed by atoms with Crippen molar-refractivity contribution in [2.45, 2.75) is 20.8 Å². The number of rotatable bonds is 6. The summed E-state index contributed by atoms with van der Waals surface area (Å²) < 4.78 is 0. The van der Waals surface area contributed by atoms with Crippen molar-refractivity contribution in [1.29, 1.82) is 0 Å². The number of nitrogens with one attached hydrogen (secondary N) is 2. The van der Waals surface area contributed by atoms with Crippen LogP contribution in [0.15, 0.2) is 36.4 Å². The summed E-state index contributed by atoms with van der Waals surface area (Å²) in [5.74, 6) is 0.778. The number of nitrogens with zero attached hydrogens (tertiary/aromatic N) is 2. The van der Waals surface area contributed by atoms with Gasteiger partial charge in [0, 0.05) is 17.8 Å². The van der Waals surface area contributed by atoms with Crippen LogP contribution in [0.3, 0.4) is 0 Å². The summed E-state index contributed by atoms with van der Waals surface area (Å²) in [6.45, 7) is 6.49. The first-order valence-corrected chi connectivity index (χ1v) is 7.45. The Morgan fingerprint density at radius 1 is 1.04 bits per heavy atom. The minimum atomic E-state index is -0.344. The van der Waals surface area contributed by atoms with Gasteiger partial charge in [-0.15, -0.1) is 10.2 Å². The zero-order chi connectivity index (χ0) is 16.8. The molecule has 2 aromatic rings. The van der Waals surface area contributed by atoms with Crippen LogP contribution in [0.5, 0.6) is 0 Å². The van der Waals surface area contributed by atoms with Crippen LogP contribution in [0.1, 0.15) is 41.6 Å². The fraction of sp³-hybridized carbons (Fsp3) is 0.294. The average molecular weight is 312 g/mol. The van der Waals surface area contributed by atoms with Gasteiger partial charge in [0.05, 0.1) is 0 Å². The van der Waals surface area contributed by atoms with E-state index < -0.39 is 0 Å². The molecule has 0 aliphatic heterocycles. The molecular formula is C17H20N4O2. The Morgan fingerprint density at radius 2 is 1.74 bits per heavy atom. The van der Waals surface area contributed by atoms with Gasteiger partial charge in [0.15, 0.2) is 11.5 Å². The molecule has 0 fully saturated rings. The fourth-order valence-corrected chi connectivity index (χ4v) is 1.84. The summed E-state index contributed by atoms with van der Waals surface area (Å²) in [6, 6.07) is 10.0. The van der Waals surface area contributed by atoms with Crippen molar-refractivity contribution >= 4 is 23.2 Å². The van der Waals surface area contributed by atoms with E-state index in [9.17, 15) is 9.59 Å². The van der Waals surface area contributed by atoms with E-state index in [1.54, 1.807) is 36.4 Å². The molecule has 0 saturated heterocycles. The molecule has 0 spiro atoms. The van der Waals surface area contributed by atoms with Gasteiger partial charge in [0.25, 0.3) is 5.91 Å². The first kappa shape index (κ1) is 16.6. The van der Waals surface area contributed by atoms with Crippen molar-refractivity contribution in [2.24, 2.45) is 5.92 Å². The summed E-state index contributed by atoms with van der Waals surface area (Å²) in [5.41, 5.74) is 1.43. The molecule has 1 aromatic carbocycles. The van der Waals surface area contributed by atoms with Crippen molar-refractivity contribution in [3.63, 3.8) is 0 Å². The number of anilines is 2. The van der Waals surface area contributed by atoms with Gasteiger partial charge in [0.2, 0.25) is 0 Å². The lowest BCUT2D eigenvalue weighted by molar-refractivity contribution is 0.101. The lowest BCUT2D eigenvalue weighted by Crippen LogP contribution is -2.15. The molecule has 0 saturated carbocycles. The van der Waals surface area contributed by atoms with Crippen molar-refractivity contribution in [3.8, 4) is 0 Å². The third kappa shape index (κ3) is 4.88. The second-order valence-corrected chi connectivity index (χ2v) is 5.67. The summed E-state index contributed by atoms with van der Waals surface area (Å²) >= 11 is 0. The average Bonchev–Trinajstić information content (AvgIpc) is 2.54. The van der Waals surface area contributed by atoms with Gasteiger partial charge in [0.1, 0.15) is 5.82 Å². The molecule has 1 aromatic heterocycles. The van der Waals surface area contributed by atoms with Gasteiger partial charge in [-0.2, -0.15) is 0 Å². The lowest BCUT2D eigenvalue weighted by Gasteiger charge is -2.08. The third-order valence-corrected chi connectivity index (χ3v) is 3.14. The highest BCUT2D eigenvalue weighted by molar-refractivity contribution is 6.03. The van der Waals surface area contributed by atoms with E-state index in [1.165, 1.54) is 6.92 Å². The molecule has 0 aliphatic carbocycles. The molecule has 0 unspecified atom stereocenters. The first-order valence-electron chi connectivity index (χ1n) is 7.45. The predicted molar refractivity (Wildman–Crippen MR) is 89.8 cm³/mol. The summed E-state index contributed by atoms with van der Waals surface area (Å²) in [7, 11) is 0. The van der Waals surface area contributed by atoms with Crippen molar-refractivity contribution in [2.75, 3.05) is 17.2 Å². The van der Waals surface area contributed by atoms with Gasteiger partial charge < -0.3 is 10.6 Å². The van der Waals surface area contributed by atoms with E-state index in [-0.39, 0.29) is 17.4 Å². The number of aromatic nitrogens is 2. The zero-order valence-electron chi connectivity index (χ0n) is 13.5. The van der Waals surface area contributed by atoms with Crippen LogP contribution in [-0.4, -0.2) is 28.4 Å². The normalized spacial score (nSPS) is 10.4. The van der Waals surface area contributed by atoms with Crippen LogP contribution in [0, 0.1) is 5.92 Å². The smallest absolute Gasteiger partial charge is 0.276 e. The molecule has 6 nitrogen and oxygen atoms in total. The monoisotopic (exact) mass is 312 g/mol. The van der Waals surface area contributed by atoms with E-state index in [0.29, 0.717) is 23.0 Å². The Labute approximate surface area is 135 Å². The second kappa shape index (κ2) is 7.49. The lowest BCUT2D eigenvalue weighted by atomic mass is 10.1. The van der Waals surface area contributed by atoms with Gasteiger partial charge >= 0.3 is 0 Å². The highest BCUT2D eigenvalue weighted by Gasteiger charge is 2.09. The summed E-state index contributed by atoms with van der Waals surface area (Å²) in [6.07, 6.45) is 0. The molecule has 1 heterocycles. The highest BCUT2D eigenvalue weighted by atomic mass is 16.2. The van der Waals surface area contributed by atoms with Gasteiger partial charge in [-0.25, -0.2) is 0 Å². The molecule has 0 bridgehead atoms. The SMILES string of the molecule is CC(=O)c1ccc(NC(=O)c2ccc(NCC(C)C)nn2)cc1. The molecule has 1 amide bonds. The Morgan fingerprint density at radius 3 is 2.26 bits per heavy atom. The Hall–Kier alpha value is -2.76. The Balaban J connectivity index is 1.98. The minimum absolute atomic E-state index is 0.0155.